The predicted octanol–water partition coefficient (Wildman–Crippen LogP) is 1.35. The quantitative estimate of drug-likeness (QED) is 0.580. The third-order valence-electron chi connectivity index (χ3n) is 2.27. The van der Waals surface area contributed by atoms with E-state index in [1.54, 1.807) is 6.20 Å². The molecule has 0 aromatic carbocycles. The first kappa shape index (κ1) is 10.0. The van der Waals surface area contributed by atoms with Gasteiger partial charge in [-0.2, -0.15) is 5.10 Å². The van der Waals surface area contributed by atoms with Crippen molar-refractivity contribution in [3.8, 4) is 0 Å². The summed E-state index contributed by atoms with van der Waals surface area (Å²) in [5.41, 5.74) is 6.63. The highest BCUT2D eigenvalue weighted by Gasteiger charge is 2.20. The maximum absolute atomic E-state index is 5.73. The van der Waals surface area contributed by atoms with Gasteiger partial charge < -0.3 is 11.1 Å². The lowest BCUT2D eigenvalue weighted by molar-refractivity contribution is 0.532. The van der Waals surface area contributed by atoms with Crippen molar-refractivity contribution in [1.29, 1.82) is 0 Å². The Labute approximate surface area is 89.4 Å². The zero-order chi connectivity index (χ0) is 10.8. The van der Waals surface area contributed by atoms with Crippen molar-refractivity contribution in [2.24, 2.45) is 10.7 Å². The number of nitrogens with two attached hydrogens (primary N) is 1. The molecule has 0 radical (unpaired) electrons. The monoisotopic (exact) mass is 207 g/mol. The molecule has 1 aromatic rings. The number of aliphatic imine (C=N–C) groups is 1. The van der Waals surface area contributed by atoms with Crippen molar-refractivity contribution in [1.82, 2.24) is 9.78 Å². The van der Waals surface area contributed by atoms with Crippen molar-refractivity contribution in [2.45, 2.75) is 38.8 Å². The summed E-state index contributed by atoms with van der Waals surface area (Å²) in [5, 5.41) is 7.24. The Bertz CT molecular complexity index is 362. The average molecular weight is 207 g/mol. The molecule has 0 saturated heterocycles. The third kappa shape index (κ3) is 2.71. The highest BCUT2D eigenvalue weighted by atomic mass is 15.3. The summed E-state index contributed by atoms with van der Waals surface area (Å²) in [7, 11) is 0. The van der Waals surface area contributed by atoms with Crippen LogP contribution in [0.1, 0.15) is 32.7 Å². The second-order valence-electron chi connectivity index (χ2n) is 4.17. The number of guanidine groups is 1. The summed E-state index contributed by atoms with van der Waals surface area (Å²) < 4.78 is 1.88. The molecular formula is C10H17N5. The van der Waals surface area contributed by atoms with E-state index in [4.69, 9.17) is 5.73 Å². The van der Waals surface area contributed by atoms with Crippen LogP contribution in [-0.4, -0.2) is 21.8 Å². The fourth-order valence-electron chi connectivity index (χ4n) is 1.27. The van der Waals surface area contributed by atoms with Gasteiger partial charge in [0.1, 0.15) is 0 Å². The predicted molar refractivity (Wildman–Crippen MR) is 60.9 cm³/mol. The number of hydrogen-bond acceptors (Lipinski definition) is 2. The van der Waals surface area contributed by atoms with Gasteiger partial charge in [-0.15, -0.1) is 0 Å². The van der Waals surface area contributed by atoms with E-state index in [0.717, 1.165) is 18.5 Å². The Hall–Kier alpha value is -1.52. The zero-order valence-corrected chi connectivity index (χ0v) is 9.14. The van der Waals surface area contributed by atoms with Crippen molar-refractivity contribution in [2.75, 3.05) is 5.32 Å². The fraction of sp³-hybridized carbons (Fsp3) is 0.600. The Morgan fingerprint density at radius 3 is 2.93 bits per heavy atom. The Kier molecular flexibility index (Phi) is 2.62. The molecule has 0 atom stereocenters. The standard InChI is InChI=1S/C10H17N5/c1-7(2)15-6-9(5-12-15)14-10(11)13-8-3-4-8/h5-8H,3-4H2,1-2H3,(H3,11,13,14). The van der Waals surface area contributed by atoms with Crippen LogP contribution in [0.15, 0.2) is 17.4 Å². The van der Waals surface area contributed by atoms with Gasteiger partial charge in [0.05, 0.1) is 17.9 Å². The van der Waals surface area contributed by atoms with Crippen molar-refractivity contribution < 1.29 is 0 Å². The van der Waals surface area contributed by atoms with Gasteiger partial charge in [0.25, 0.3) is 0 Å². The number of hydrogen-bond donors (Lipinski definition) is 2. The first-order valence-electron chi connectivity index (χ1n) is 5.29. The molecule has 1 aliphatic rings. The van der Waals surface area contributed by atoms with Crippen LogP contribution in [0.4, 0.5) is 5.69 Å². The first-order chi connectivity index (χ1) is 7.15. The normalized spacial score (nSPS) is 17.1. The van der Waals surface area contributed by atoms with Gasteiger partial charge in [0.2, 0.25) is 0 Å². The summed E-state index contributed by atoms with van der Waals surface area (Å²) in [6, 6.07) is 0.805. The van der Waals surface area contributed by atoms with Gasteiger partial charge in [-0.3, -0.25) is 4.68 Å². The van der Waals surface area contributed by atoms with Crippen molar-refractivity contribution >= 4 is 11.6 Å². The molecule has 1 aromatic heterocycles. The third-order valence-corrected chi connectivity index (χ3v) is 2.27. The summed E-state index contributed by atoms with van der Waals surface area (Å²) in [6.45, 7) is 4.16. The van der Waals surface area contributed by atoms with Crippen LogP contribution in [0.25, 0.3) is 0 Å². The number of aromatic nitrogens is 2. The van der Waals surface area contributed by atoms with E-state index in [-0.39, 0.29) is 0 Å². The molecule has 0 aliphatic heterocycles. The van der Waals surface area contributed by atoms with E-state index in [2.05, 4.69) is 29.3 Å². The van der Waals surface area contributed by atoms with E-state index in [9.17, 15) is 0 Å². The largest absolute Gasteiger partial charge is 0.370 e. The molecule has 1 aliphatic carbocycles. The summed E-state index contributed by atoms with van der Waals surface area (Å²) in [6.07, 6.45) is 6.01. The molecule has 15 heavy (non-hydrogen) atoms. The molecule has 1 heterocycles. The van der Waals surface area contributed by atoms with E-state index in [1.165, 1.54) is 0 Å². The van der Waals surface area contributed by atoms with Crippen LogP contribution in [0, 0.1) is 0 Å². The minimum atomic E-state index is 0.363. The van der Waals surface area contributed by atoms with Crippen LogP contribution in [0.3, 0.4) is 0 Å². The zero-order valence-electron chi connectivity index (χ0n) is 9.14. The minimum Gasteiger partial charge on any atom is -0.370 e. The summed E-state index contributed by atoms with van der Waals surface area (Å²) in [5.74, 6) is 0.487. The second-order valence-corrected chi connectivity index (χ2v) is 4.17. The second kappa shape index (κ2) is 3.92. The van der Waals surface area contributed by atoms with E-state index >= 15 is 0 Å². The van der Waals surface area contributed by atoms with E-state index in [1.807, 2.05) is 10.9 Å². The first-order valence-corrected chi connectivity index (χ1v) is 5.29. The molecule has 82 valence electrons. The molecule has 0 unspecified atom stereocenters. The van der Waals surface area contributed by atoms with Crippen LogP contribution in [0.5, 0.6) is 0 Å². The van der Waals surface area contributed by atoms with Gasteiger partial charge in [-0.25, -0.2) is 4.99 Å². The molecule has 5 heteroatoms. The maximum Gasteiger partial charge on any atom is 0.193 e. The minimum absolute atomic E-state index is 0.363. The summed E-state index contributed by atoms with van der Waals surface area (Å²) in [4.78, 5) is 4.28. The lowest BCUT2D eigenvalue weighted by Crippen LogP contribution is -2.22. The van der Waals surface area contributed by atoms with Gasteiger partial charge in [-0.1, -0.05) is 0 Å². The van der Waals surface area contributed by atoms with Crippen molar-refractivity contribution in [3.05, 3.63) is 12.4 Å². The Balaban J connectivity index is 1.97. The molecule has 1 saturated carbocycles. The molecule has 2 rings (SSSR count). The number of anilines is 1. The number of rotatable bonds is 3. The van der Waals surface area contributed by atoms with E-state index < -0.39 is 0 Å². The Morgan fingerprint density at radius 1 is 1.67 bits per heavy atom. The topological polar surface area (TPSA) is 68.2 Å². The molecule has 0 bridgehead atoms. The number of nitrogens with zero attached hydrogens (tertiary/aromatic N) is 3. The average Bonchev–Trinajstić information content (AvgIpc) is 2.82. The molecule has 0 spiro atoms. The smallest absolute Gasteiger partial charge is 0.193 e. The highest BCUT2D eigenvalue weighted by molar-refractivity contribution is 5.92. The lowest BCUT2D eigenvalue weighted by Gasteiger charge is -2.04. The van der Waals surface area contributed by atoms with Crippen LogP contribution in [-0.2, 0) is 0 Å². The SMILES string of the molecule is CC(C)n1cc(NC(N)=NC2CC2)cn1. The Morgan fingerprint density at radius 2 is 2.40 bits per heavy atom. The molecule has 0 amide bonds. The van der Waals surface area contributed by atoms with Crippen molar-refractivity contribution in [3.63, 3.8) is 0 Å². The van der Waals surface area contributed by atoms with Crippen LogP contribution >= 0.6 is 0 Å². The molecule has 1 fully saturated rings. The fourth-order valence-corrected chi connectivity index (χ4v) is 1.27. The van der Waals surface area contributed by atoms with Gasteiger partial charge >= 0.3 is 0 Å². The van der Waals surface area contributed by atoms with Crippen LogP contribution < -0.4 is 11.1 Å². The van der Waals surface area contributed by atoms with Gasteiger partial charge in [0.15, 0.2) is 5.96 Å². The van der Waals surface area contributed by atoms with Gasteiger partial charge in [0, 0.05) is 12.2 Å². The van der Waals surface area contributed by atoms with Crippen LogP contribution in [0.2, 0.25) is 0 Å². The van der Waals surface area contributed by atoms with E-state index in [0.29, 0.717) is 18.0 Å². The number of nitrogens with one attached hydrogen (secondary N) is 1. The molecule has 5 nitrogen and oxygen atoms in total. The van der Waals surface area contributed by atoms with Gasteiger partial charge in [-0.05, 0) is 26.7 Å². The highest BCUT2D eigenvalue weighted by Crippen LogP contribution is 2.23. The maximum atomic E-state index is 5.73. The lowest BCUT2D eigenvalue weighted by atomic mass is 10.4. The molecular weight excluding hydrogens is 190 g/mol. The summed E-state index contributed by atoms with van der Waals surface area (Å²) >= 11 is 0. The molecule has 3 N–H and O–H groups in total.